The Balaban J connectivity index is 1.77. The monoisotopic (exact) mass is 386 g/mol. The molecule has 1 aliphatic heterocycles. The van der Waals surface area contributed by atoms with E-state index in [1.54, 1.807) is 7.11 Å². The highest BCUT2D eigenvalue weighted by Crippen LogP contribution is 2.40. The van der Waals surface area contributed by atoms with E-state index in [-0.39, 0.29) is 12.4 Å². The largest absolute Gasteiger partial charge is 0.358 e. The number of benzene rings is 3. The van der Waals surface area contributed by atoms with Gasteiger partial charge < -0.3 is 14.2 Å². The van der Waals surface area contributed by atoms with Crippen LogP contribution in [0.3, 0.4) is 0 Å². The standard InChI is InChI=1S/C26H26O3/c1-27-25-19-11-18-24(29-25)20-28-26(21-12-5-2-6-13-21,22-14-7-3-8-15-22)23-16-9-4-10-17-23/h2-17,19,24-25H,18,20H2,1H3/t24-,25+/m0/s1. The molecule has 0 N–H and O–H groups in total. The van der Waals surface area contributed by atoms with Crippen LogP contribution in [0.25, 0.3) is 0 Å². The minimum Gasteiger partial charge on any atom is -0.358 e. The molecule has 3 heteroatoms. The van der Waals surface area contributed by atoms with Crippen LogP contribution in [0, 0.1) is 0 Å². The van der Waals surface area contributed by atoms with E-state index in [1.165, 1.54) is 0 Å². The molecule has 2 atom stereocenters. The van der Waals surface area contributed by atoms with Crippen LogP contribution in [0.2, 0.25) is 0 Å². The summed E-state index contributed by atoms with van der Waals surface area (Å²) < 4.78 is 18.2. The van der Waals surface area contributed by atoms with Gasteiger partial charge in [-0.15, -0.1) is 0 Å². The SMILES string of the molecule is CO[C@H]1C=CC[C@@H](COC(c2ccccc2)(c2ccccc2)c2ccccc2)O1. The van der Waals surface area contributed by atoms with E-state index in [4.69, 9.17) is 14.2 Å². The molecule has 0 spiro atoms. The minimum absolute atomic E-state index is 0.0690. The molecule has 3 aromatic carbocycles. The molecule has 4 rings (SSSR count). The van der Waals surface area contributed by atoms with Gasteiger partial charge >= 0.3 is 0 Å². The second-order valence-electron chi connectivity index (χ2n) is 7.12. The van der Waals surface area contributed by atoms with Crippen molar-refractivity contribution in [3.63, 3.8) is 0 Å². The van der Waals surface area contributed by atoms with Gasteiger partial charge in [0.15, 0.2) is 6.29 Å². The Kier molecular flexibility index (Phi) is 6.20. The predicted octanol–water partition coefficient (Wildman–Crippen LogP) is 5.31. The van der Waals surface area contributed by atoms with Crippen molar-refractivity contribution < 1.29 is 14.2 Å². The number of ether oxygens (including phenoxy) is 3. The second kappa shape index (κ2) is 9.19. The van der Waals surface area contributed by atoms with E-state index < -0.39 is 5.60 Å². The zero-order valence-corrected chi connectivity index (χ0v) is 16.6. The summed E-state index contributed by atoms with van der Waals surface area (Å²) >= 11 is 0. The number of hydrogen-bond acceptors (Lipinski definition) is 3. The van der Waals surface area contributed by atoms with Gasteiger partial charge in [-0.1, -0.05) is 97.1 Å². The van der Waals surface area contributed by atoms with Crippen LogP contribution in [0.4, 0.5) is 0 Å². The quantitative estimate of drug-likeness (QED) is 0.407. The fraction of sp³-hybridized carbons (Fsp3) is 0.231. The highest BCUT2D eigenvalue weighted by molar-refractivity contribution is 5.47. The Morgan fingerprint density at radius 2 is 1.28 bits per heavy atom. The van der Waals surface area contributed by atoms with Gasteiger partial charge in [0.1, 0.15) is 5.60 Å². The molecule has 148 valence electrons. The van der Waals surface area contributed by atoms with Gasteiger partial charge in [-0.3, -0.25) is 0 Å². The van der Waals surface area contributed by atoms with Crippen LogP contribution in [0.15, 0.2) is 103 Å². The summed E-state index contributed by atoms with van der Waals surface area (Å²) in [4.78, 5) is 0. The van der Waals surface area contributed by atoms with Crippen molar-refractivity contribution in [3.05, 3.63) is 120 Å². The van der Waals surface area contributed by atoms with Crippen molar-refractivity contribution in [2.45, 2.75) is 24.4 Å². The molecule has 29 heavy (non-hydrogen) atoms. The molecule has 0 amide bonds. The first-order chi connectivity index (χ1) is 14.3. The maximum Gasteiger partial charge on any atom is 0.176 e. The first-order valence-corrected chi connectivity index (χ1v) is 9.98. The van der Waals surface area contributed by atoms with Crippen LogP contribution < -0.4 is 0 Å². The van der Waals surface area contributed by atoms with E-state index in [9.17, 15) is 0 Å². The van der Waals surface area contributed by atoms with E-state index in [1.807, 2.05) is 24.3 Å². The molecule has 1 heterocycles. The third kappa shape index (κ3) is 4.18. The van der Waals surface area contributed by atoms with E-state index in [0.29, 0.717) is 6.61 Å². The van der Waals surface area contributed by atoms with Gasteiger partial charge in [0.25, 0.3) is 0 Å². The van der Waals surface area contributed by atoms with Crippen molar-refractivity contribution in [3.8, 4) is 0 Å². The third-order valence-corrected chi connectivity index (χ3v) is 5.28. The molecule has 0 unspecified atom stereocenters. The van der Waals surface area contributed by atoms with Gasteiger partial charge in [0.05, 0.1) is 12.7 Å². The van der Waals surface area contributed by atoms with E-state index >= 15 is 0 Å². The normalized spacial score (nSPS) is 19.2. The van der Waals surface area contributed by atoms with Crippen LogP contribution in [-0.2, 0) is 19.8 Å². The van der Waals surface area contributed by atoms with Gasteiger partial charge in [-0.2, -0.15) is 0 Å². The summed E-state index contributed by atoms with van der Waals surface area (Å²) in [6.07, 6.45) is 4.45. The predicted molar refractivity (Wildman–Crippen MR) is 115 cm³/mol. The van der Waals surface area contributed by atoms with E-state index in [0.717, 1.165) is 23.1 Å². The van der Waals surface area contributed by atoms with Gasteiger partial charge in [0.2, 0.25) is 0 Å². The molecular weight excluding hydrogens is 360 g/mol. The Morgan fingerprint density at radius 3 is 1.72 bits per heavy atom. The summed E-state index contributed by atoms with van der Waals surface area (Å²) in [7, 11) is 1.65. The average Bonchev–Trinajstić information content (AvgIpc) is 2.82. The lowest BCUT2D eigenvalue weighted by Gasteiger charge is -2.37. The maximum atomic E-state index is 6.81. The molecule has 0 saturated heterocycles. The summed E-state index contributed by atoms with van der Waals surface area (Å²) in [5, 5.41) is 0. The first-order valence-electron chi connectivity index (χ1n) is 9.98. The maximum absolute atomic E-state index is 6.81. The fourth-order valence-electron chi connectivity index (χ4n) is 3.86. The Labute approximate surface area is 172 Å². The highest BCUT2D eigenvalue weighted by Gasteiger charge is 2.38. The van der Waals surface area contributed by atoms with Crippen molar-refractivity contribution >= 4 is 0 Å². The fourth-order valence-corrected chi connectivity index (χ4v) is 3.86. The molecule has 3 aromatic rings. The molecule has 1 aliphatic rings. The average molecular weight is 386 g/mol. The second-order valence-corrected chi connectivity index (χ2v) is 7.12. The summed E-state index contributed by atoms with van der Waals surface area (Å²) in [6.45, 7) is 0.447. The van der Waals surface area contributed by atoms with Gasteiger partial charge in [0, 0.05) is 7.11 Å². The van der Waals surface area contributed by atoms with Crippen LogP contribution >= 0.6 is 0 Å². The smallest absolute Gasteiger partial charge is 0.176 e. The van der Waals surface area contributed by atoms with E-state index in [2.05, 4.69) is 78.9 Å². The van der Waals surface area contributed by atoms with Crippen LogP contribution in [0.5, 0.6) is 0 Å². The minimum atomic E-state index is -0.725. The summed E-state index contributed by atoms with van der Waals surface area (Å²) in [5.41, 5.74) is 2.54. The van der Waals surface area contributed by atoms with Crippen LogP contribution in [-0.4, -0.2) is 26.1 Å². The van der Waals surface area contributed by atoms with Crippen LogP contribution in [0.1, 0.15) is 23.1 Å². The van der Waals surface area contributed by atoms with Crippen molar-refractivity contribution in [2.75, 3.05) is 13.7 Å². The number of rotatable bonds is 7. The summed E-state index contributed by atoms with van der Waals surface area (Å²) in [6, 6.07) is 31.2. The molecule has 0 fully saturated rings. The molecule has 0 bridgehead atoms. The van der Waals surface area contributed by atoms with Crippen molar-refractivity contribution in [1.29, 1.82) is 0 Å². The highest BCUT2D eigenvalue weighted by atomic mass is 16.7. The Bertz CT molecular complexity index is 810. The molecule has 0 aliphatic carbocycles. The zero-order valence-electron chi connectivity index (χ0n) is 16.6. The Morgan fingerprint density at radius 1 is 0.793 bits per heavy atom. The third-order valence-electron chi connectivity index (χ3n) is 5.28. The number of hydrogen-bond donors (Lipinski definition) is 0. The lowest BCUT2D eigenvalue weighted by atomic mass is 9.80. The lowest BCUT2D eigenvalue weighted by molar-refractivity contribution is -0.158. The topological polar surface area (TPSA) is 27.7 Å². The molecule has 0 saturated carbocycles. The molecule has 0 aromatic heterocycles. The lowest BCUT2D eigenvalue weighted by Crippen LogP contribution is -2.38. The Hall–Kier alpha value is -2.72. The van der Waals surface area contributed by atoms with Crippen molar-refractivity contribution in [1.82, 2.24) is 0 Å². The van der Waals surface area contributed by atoms with Gasteiger partial charge in [-0.25, -0.2) is 0 Å². The first kappa shape index (κ1) is 19.6. The zero-order chi connectivity index (χ0) is 19.9. The number of methoxy groups -OCH3 is 1. The molecule has 0 radical (unpaired) electrons. The molecular formula is C26H26O3. The summed E-state index contributed by atoms with van der Waals surface area (Å²) in [5.74, 6) is 0. The van der Waals surface area contributed by atoms with Gasteiger partial charge in [-0.05, 0) is 29.2 Å². The van der Waals surface area contributed by atoms with Crippen molar-refractivity contribution in [2.24, 2.45) is 0 Å². The molecule has 3 nitrogen and oxygen atoms in total.